The summed E-state index contributed by atoms with van der Waals surface area (Å²) in [4.78, 5) is 16.0. The summed E-state index contributed by atoms with van der Waals surface area (Å²) in [5.41, 5.74) is 0.893. The van der Waals surface area contributed by atoms with Crippen LogP contribution in [0.5, 0.6) is 0 Å². The number of carbonyl (C=O) groups excluding carboxylic acids is 1. The van der Waals surface area contributed by atoms with Crippen LogP contribution in [0.3, 0.4) is 0 Å². The minimum Gasteiger partial charge on any atom is -0.356 e. The standard InChI is InChI=1S/C16H21N3O2/c1-16(2,3)11-14(20)17-10-9-13-18-15(21-19-13)12-7-5-4-6-8-12/h4-8H,9-11H2,1-3H3,(H,17,20). The molecular formula is C16H21N3O2. The topological polar surface area (TPSA) is 68.0 Å². The zero-order valence-corrected chi connectivity index (χ0v) is 12.7. The van der Waals surface area contributed by atoms with Gasteiger partial charge in [0.15, 0.2) is 5.82 Å². The zero-order valence-electron chi connectivity index (χ0n) is 12.7. The van der Waals surface area contributed by atoms with E-state index in [2.05, 4.69) is 15.5 Å². The van der Waals surface area contributed by atoms with E-state index in [0.29, 0.717) is 31.1 Å². The molecule has 2 aromatic rings. The van der Waals surface area contributed by atoms with Gasteiger partial charge in [-0.25, -0.2) is 0 Å². The number of hydrogen-bond acceptors (Lipinski definition) is 4. The Labute approximate surface area is 124 Å². The molecule has 0 spiro atoms. The average Bonchev–Trinajstić information content (AvgIpc) is 2.86. The molecule has 5 nitrogen and oxygen atoms in total. The van der Waals surface area contributed by atoms with Crippen LogP contribution in [0.1, 0.15) is 33.0 Å². The highest BCUT2D eigenvalue weighted by Gasteiger charge is 2.15. The number of rotatable bonds is 5. The van der Waals surface area contributed by atoms with Gasteiger partial charge < -0.3 is 9.84 Å². The van der Waals surface area contributed by atoms with Gasteiger partial charge in [0.05, 0.1) is 0 Å². The zero-order chi connectivity index (χ0) is 15.3. The Morgan fingerprint density at radius 3 is 2.62 bits per heavy atom. The van der Waals surface area contributed by atoms with Crippen molar-refractivity contribution < 1.29 is 9.32 Å². The van der Waals surface area contributed by atoms with E-state index in [1.54, 1.807) is 0 Å². The number of aromatic nitrogens is 2. The molecule has 0 atom stereocenters. The van der Waals surface area contributed by atoms with Gasteiger partial charge in [-0.2, -0.15) is 4.98 Å². The van der Waals surface area contributed by atoms with Gasteiger partial charge in [0.25, 0.3) is 5.89 Å². The van der Waals surface area contributed by atoms with Crippen molar-refractivity contribution in [1.82, 2.24) is 15.5 Å². The van der Waals surface area contributed by atoms with Crippen LogP contribution in [0.25, 0.3) is 11.5 Å². The first-order valence-electron chi connectivity index (χ1n) is 7.09. The number of benzene rings is 1. The normalized spacial score (nSPS) is 11.4. The van der Waals surface area contributed by atoms with Crippen LogP contribution in [-0.2, 0) is 11.2 Å². The first-order valence-corrected chi connectivity index (χ1v) is 7.09. The van der Waals surface area contributed by atoms with Gasteiger partial charge in [0.1, 0.15) is 0 Å². The van der Waals surface area contributed by atoms with Crippen LogP contribution in [0, 0.1) is 5.41 Å². The van der Waals surface area contributed by atoms with Gasteiger partial charge in [-0.15, -0.1) is 0 Å². The third kappa shape index (κ3) is 5.02. The van der Waals surface area contributed by atoms with E-state index in [1.165, 1.54) is 0 Å². The fraction of sp³-hybridized carbons (Fsp3) is 0.438. The molecule has 1 aromatic carbocycles. The molecule has 112 valence electrons. The average molecular weight is 287 g/mol. The number of hydrogen-bond donors (Lipinski definition) is 1. The van der Waals surface area contributed by atoms with Crippen molar-refractivity contribution in [2.45, 2.75) is 33.6 Å². The fourth-order valence-corrected chi connectivity index (χ4v) is 1.91. The van der Waals surface area contributed by atoms with E-state index in [0.717, 1.165) is 5.56 Å². The lowest BCUT2D eigenvalue weighted by Crippen LogP contribution is -2.29. The largest absolute Gasteiger partial charge is 0.356 e. The first kappa shape index (κ1) is 15.2. The summed E-state index contributed by atoms with van der Waals surface area (Å²) in [6.07, 6.45) is 1.07. The molecule has 1 aromatic heterocycles. The van der Waals surface area contributed by atoms with Gasteiger partial charge in [-0.3, -0.25) is 4.79 Å². The first-order chi connectivity index (χ1) is 9.94. The lowest BCUT2D eigenvalue weighted by atomic mass is 9.92. The molecule has 0 saturated carbocycles. The second-order valence-electron chi connectivity index (χ2n) is 6.22. The van der Waals surface area contributed by atoms with Crippen LogP contribution in [0.15, 0.2) is 34.9 Å². The molecule has 2 rings (SSSR count). The van der Waals surface area contributed by atoms with Crippen molar-refractivity contribution in [3.8, 4) is 11.5 Å². The van der Waals surface area contributed by atoms with Gasteiger partial charge in [-0.05, 0) is 17.5 Å². The maximum Gasteiger partial charge on any atom is 0.257 e. The minimum atomic E-state index is -0.00327. The van der Waals surface area contributed by atoms with E-state index in [1.807, 2.05) is 51.1 Å². The number of nitrogens with one attached hydrogen (secondary N) is 1. The summed E-state index contributed by atoms with van der Waals surface area (Å²) < 4.78 is 5.21. The lowest BCUT2D eigenvalue weighted by molar-refractivity contribution is -0.122. The van der Waals surface area contributed by atoms with Crippen molar-refractivity contribution in [2.24, 2.45) is 5.41 Å². The van der Waals surface area contributed by atoms with Crippen molar-refractivity contribution in [3.63, 3.8) is 0 Å². The molecule has 0 aliphatic rings. The number of nitrogens with zero attached hydrogens (tertiary/aromatic N) is 2. The molecule has 21 heavy (non-hydrogen) atoms. The number of carbonyl (C=O) groups is 1. The Morgan fingerprint density at radius 2 is 1.95 bits per heavy atom. The Balaban J connectivity index is 1.83. The van der Waals surface area contributed by atoms with Gasteiger partial charge in [-0.1, -0.05) is 44.1 Å². The molecule has 0 radical (unpaired) electrons. The summed E-state index contributed by atoms with van der Waals surface area (Å²) in [7, 11) is 0. The molecule has 1 heterocycles. The molecule has 1 amide bonds. The monoisotopic (exact) mass is 287 g/mol. The molecule has 5 heteroatoms. The van der Waals surface area contributed by atoms with E-state index in [9.17, 15) is 4.79 Å². The van der Waals surface area contributed by atoms with Crippen molar-refractivity contribution in [3.05, 3.63) is 36.2 Å². The predicted octanol–water partition coefficient (Wildman–Crippen LogP) is 2.83. The highest BCUT2D eigenvalue weighted by atomic mass is 16.5. The lowest BCUT2D eigenvalue weighted by Gasteiger charge is -2.16. The molecule has 0 saturated heterocycles. The molecule has 0 aliphatic heterocycles. The predicted molar refractivity (Wildman–Crippen MR) is 80.5 cm³/mol. The van der Waals surface area contributed by atoms with E-state index < -0.39 is 0 Å². The Morgan fingerprint density at radius 1 is 1.24 bits per heavy atom. The van der Waals surface area contributed by atoms with E-state index in [-0.39, 0.29) is 11.3 Å². The van der Waals surface area contributed by atoms with Gasteiger partial charge in [0.2, 0.25) is 5.91 Å². The van der Waals surface area contributed by atoms with Crippen molar-refractivity contribution in [1.29, 1.82) is 0 Å². The third-order valence-electron chi connectivity index (χ3n) is 2.85. The highest BCUT2D eigenvalue weighted by molar-refractivity contribution is 5.76. The van der Waals surface area contributed by atoms with Crippen LogP contribution >= 0.6 is 0 Å². The van der Waals surface area contributed by atoms with Crippen molar-refractivity contribution in [2.75, 3.05) is 6.54 Å². The third-order valence-corrected chi connectivity index (χ3v) is 2.85. The van der Waals surface area contributed by atoms with E-state index in [4.69, 9.17) is 4.52 Å². The van der Waals surface area contributed by atoms with Crippen LogP contribution in [0.4, 0.5) is 0 Å². The second-order valence-corrected chi connectivity index (χ2v) is 6.22. The maximum atomic E-state index is 11.7. The van der Waals surface area contributed by atoms with Crippen molar-refractivity contribution >= 4 is 5.91 Å². The summed E-state index contributed by atoms with van der Waals surface area (Å²) in [6.45, 7) is 6.64. The molecule has 0 aliphatic carbocycles. The molecule has 0 fully saturated rings. The van der Waals surface area contributed by atoms with E-state index >= 15 is 0 Å². The SMILES string of the molecule is CC(C)(C)CC(=O)NCCc1noc(-c2ccccc2)n1. The molecule has 1 N–H and O–H groups in total. The minimum absolute atomic E-state index is 0.00327. The van der Waals surface area contributed by atoms with Gasteiger partial charge >= 0.3 is 0 Å². The fourth-order valence-electron chi connectivity index (χ4n) is 1.91. The second kappa shape index (κ2) is 6.52. The van der Waals surface area contributed by atoms with Crippen LogP contribution in [0.2, 0.25) is 0 Å². The summed E-state index contributed by atoms with van der Waals surface area (Å²) in [5.74, 6) is 1.16. The molecule has 0 unspecified atom stereocenters. The quantitative estimate of drug-likeness (QED) is 0.918. The van der Waals surface area contributed by atoms with Crippen LogP contribution in [-0.4, -0.2) is 22.6 Å². The summed E-state index contributed by atoms with van der Waals surface area (Å²) >= 11 is 0. The summed E-state index contributed by atoms with van der Waals surface area (Å²) in [6, 6.07) is 9.62. The Bertz CT molecular complexity index is 585. The molecular weight excluding hydrogens is 266 g/mol. The Hall–Kier alpha value is -2.17. The highest BCUT2D eigenvalue weighted by Crippen LogP contribution is 2.18. The van der Waals surface area contributed by atoms with Gasteiger partial charge in [0, 0.05) is 24.9 Å². The smallest absolute Gasteiger partial charge is 0.257 e. The maximum absolute atomic E-state index is 11.7. The number of amides is 1. The summed E-state index contributed by atoms with van der Waals surface area (Å²) in [5, 5.41) is 6.80. The van der Waals surface area contributed by atoms with Crippen LogP contribution < -0.4 is 5.32 Å². The molecule has 0 bridgehead atoms. The Kier molecular flexibility index (Phi) is 4.73.